The summed E-state index contributed by atoms with van der Waals surface area (Å²) in [5.41, 5.74) is 0. The van der Waals surface area contributed by atoms with Crippen LogP contribution in [0.5, 0.6) is 5.88 Å². The van der Waals surface area contributed by atoms with Crippen molar-refractivity contribution in [1.29, 1.82) is 0 Å². The van der Waals surface area contributed by atoms with Crippen LogP contribution in [0.3, 0.4) is 0 Å². The van der Waals surface area contributed by atoms with Crippen molar-refractivity contribution in [1.82, 2.24) is 9.78 Å². The van der Waals surface area contributed by atoms with Gasteiger partial charge in [-0.2, -0.15) is 0 Å². The Kier molecular flexibility index (Phi) is 7.75. The number of hydrogen-bond donors (Lipinski definition) is 0. The van der Waals surface area contributed by atoms with E-state index in [2.05, 4.69) is 5.10 Å². The Morgan fingerprint density at radius 1 is 0.933 bits per heavy atom. The molecule has 2 heterocycles. The molecule has 5 atom stereocenters. The smallest absolute Gasteiger partial charge is 0.303 e. The number of aromatic nitrogens is 2. The van der Waals surface area contributed by atoms with Gasteiger partial charge in [-0.15, -0.1) is 5.10 Å². The first-order valence-electron chi connectivity index (χ1n) is 9.03. The standard InChI is InChI=1S/C18H24N2O10/c1-9(21)25-8-13-15(26-10(2)22)16(27-11(3)23)17(28-12(4)24)18(29-13)30-14-6-7-20(5)19-14/h6-7,13,15-18H,8H2,1-5H3/t13-,15-,16+,17-,18+/m1/s1. The monoisotopic (exact) mass is 428 g/mol. The summed E-state index contributed by atoms with van der Waals surface area (Å²) in [4.78, 5) is 46.4. The van der Waals surface area contributed by atoms with E-state index in [0.29, 0.717) is 0 Å². The fraction of sp³-hybridized carbons (Fsp3) is 0.611. The summed E-state index contributed by atoms with van der Waals surface area (Å²) in [5, 5.41) is 4.07. The molecule has 2 rings (SSSR count). The number of hydrogen-bond acceptors (Lipinski definition) is 11. The lowest BCUT2D eigenvalue weighted by atomic mass is 9.98. The third-order valence-electron chi connectivity index (χ3n) is 3.87. The summed E-state index contributed by atoms with van der Waals surface area (Å²) in [6, 6.07) is 1.54. The fourth-order valence-corrected chi connectivity index (χ4v) is 2.86. The molecule has 0 bridgehead atoms. The van der Waals surface area contributed by atoms with E-state index in [1.165, 1.54) is 17.7 Å². The zero-order valence-electron chi connectivity index (χ0n) is 17.2. The SMILES string of the molecule is CC(=O)OC[C@H]1O[C@@H](Oc2ccn(C)n2)[C@H](OC(C)=O)[C@@H](OC(C)=O)[C@@H]1OC(C)=O. The number of ether oxygens (including phenoxy) is 6. The summed E-state index contributed by atoms with van der Waals surface area (Å²) in [6.07, 6.45) is -4.60. The number of aryl methyl sites for hydroxylation is 1. The van der Waals surface area contributed by atoms with E-state index >= 15 is 0 Å². The summed E-state index contributed by atoms with van der Waals surface area (Å²) in [7, 11) is 1.67. The van der Waals surface area contributed by atoms with E-state index in [1.54, 1.807) is 13.2 Å². The Hall–Kier alpha value is -3.15. The molecule has 1 aliphatic rings. The summed E-state index contributed by atoms with van der Waals surface area (Å²) >= 11 is 0. The molecule has 1 aromatic rings. The van der Waals surface area contributed by atoms with Crippen molar-refractivity contribution in [3.63, 3.8) is 0 Å². The normalized spacial score (nSPS) is 25.7. The molecule has 1 aromatic heterocycles. The number of nitrogens with zero attached hydrogens (tertiary/aromatic N) is 2. The number of carbonyl (C=O) groups is 4. The Balaban J connectivity index is 2.41. The van der Waals surface area contributed by atoms with Gasteiger partial charge >= 0.3 is 23.9 Å². The van der Waals surface area contributed by atoms with Crippen LogP contribution in [-0.2, 0) is 49.9 Å². The van der Waals surface area contributed by atoms with E-state index in [9.17, 15) is 19.2 Å². The maximum absolute atomic E-state index is 11.7. The minimum absolute atomic E-state index is 0.137. The van der Waals surface area contributed by atoms with Crippen LogP contribution >= 0.6 is 0 Å². The fourth-order valence-electron chi connectivity index (χ4n) is 2.86. The van der Waals surface area contributed by atoms with Crippen molar-refractivity contribution in [2.45, 2.75) is 58.4 Å². The lowest BCUT2D eigenvalue weighted by molar-refractivity contribution is -0.289. The van der Waals surface area contributed by atoms with Crippen molar-refractivity contribution in [2.75, 3.05) is 6.61 Å². The van der Waals surface area contributed by atoms with Gasteiger partial charge < -0.3 is 28.4 Å². The summed E-state index contributed by atoms with van der Waals surface area (Å²) < 4.78 is 33.8. The summed E-state index contributed by atoms with van der Waals surface area (Å²) in [6.45, 7) is 4.29. The highest BCUT2D eigenvalue weighted by atomic mass is 16.7. The highest BCUT2D eigenvalue weighted by Crippen LogP contribution is 2.30. The second kappa shape index (κ2) is 10.1. The number of rotatable bonds is 7. The molecule has 1 aliphatic heterocycles. The largest absolute Gasteiger partial charge is 0.463 e. The highest BCUT2D eigenvalue weighted by molar-refractivity contribution is 5.68. The maximum Gasteiger partial charge on any atom is 0.303 e. The molecular weight excluding hydrogens is 404 g/mol. The van der Waals surface area contributed by atoms with Gasteiger partial charge in [0.2, 0.25) is 18.3 Å². The van der Waals surface area contributed by atoms with Crippen molar-refractivity contribution < 1.29 is 47.6 Å². The molecule has 166 valence electrons. The van der Waals surface area contributed by atoms with Crippen LogP contribution in [0, 0.1) is 0 Å². The van der Waals surface area contributed by atoms with Crippen LogP contribution in [-0.4, -0.2) is 71.0 Å². The van der Waals surface area contributed by atoms with Gasteiger partial charge in [0.25, 0.3) is 0 Å². The quantitative estimate of drug-likeness (QED) is 0.424. The number of esters is 4. The van der Waals surface area contributed by atoms with Crippen LogP contribution in [0.25, 0.3) is 0 Å². The molecular formula is C18H24N2O10. The van der Waals surface area contributed by atoms with E-state index in [1.807, 2.05) is 0 Å². The van der Waals surface area contributed by atoms with Crippen molar-refractivity contribution in [3.8, 4) is 5.88 Å². The van der Waals surface area contributed by atoms with E-state index < -0.39 is 54.6 Å². The Labute approximate surface area is 172 Å². The highest BCUT2D eigenvalue weighted by Gasteiger charge is 2.53. The second-order valence-corrected chi connectivity index (χ2v) is 6.51. The minimum atomic E-state index is -1.31. The van der Waals surface area contributed by atoms with Gasteiger partial charge in [0.05, 0.1) is 0 Å². The molecule has 1 saturated heterocycles. The third-order valence-corrected chi connectivity index (χ3v) is 3.87. The average molecular weight is 428 g/mol. The molecule has 0 aromatic carbocycles. The van der Waals surface area contributed by atoms with Gasteiger partial charge in [-0.25, -0.2) is 0 Å². The van der Waals surface area contributed by atoms with Crippen LogP contribution in [0.1, 0.15) is 27.7 Å². The Morgan fingerprint density at radius 2 is 1.50 bits per heavy atom. The Morgan fingerprint density at radius 3 is 2.00 bits per heavy atom. The first-order chi connectivity index (χ1) is 14.1. The molecule has 0 amide bonds. The van der Waals surface area contributed by atoms with Gasteiger partial charge in [-0.05, 0) is 0 Å². The van der Waals surface area contributed by atoms with Crippen LogP contribution < -0.4 is 4.74 Å². The zero-order valence-corrected chi connectivity index (χ0v) is 17.2. The second-order valence-electron chi connectivity index (χ2n) is 6.51. The van der Waals surface area contributed by atoms with Crippen molar-refractivity contribution in [3.05, 3.63) is 12.3 Å². The predicted octanol–water partition coefficient (Wildman–Crippen LogP) is -0.118. The molecule has 12 heteroatoms. The van der Waals surface area contributed by atoms with E-state index in [-0.39, 0.29) is 12.5 Å². The topological polar surface area (TPSA) is 141 Å². The molecule has 0 radical (unpaired) electrons. The Bertz CT molecular complexity index is 792. The van der Waals surface area contributed by atoms with Gasteiger partial charge in [0.1, 0.15) is 12.7 Å². The zero-order chi connectivity index (χ0) is 22.4. The summed E-state index contributed by atoms with van der Waals surface area (Å²) in [5.74, 6) is -2.61. The van der Waals surface area contributed by atoms with Crippen LogP contribution in [0.4, 0.5) is 0 Å². The minimum Gasteiger partial charge on any atom is -0.463 e. The van der Waals surface area contributed by atoms with E-state index in [4.69, 9.17) is 28.4 Å². The molecule has 0 saturated carbocycles. The molecule has 1 fully saturated rings. The average Bonchev–Trinajstić information content (AvgIpc) is 3.02. The molecule has 0 aliphatic carbocycles. The molecule has 12 nitrogen and oxygen atoms in total. The van der Waals surface area contributed by atoms with Gasteiger partial charge in [0.15, 0.2) is 12.2 Å². The third kappa shape index (κ3) is 6.44. The molecule has 30 heavy (non-hydrogen) atoms. The predicted molar refractivity (Wildman–Crippen MR) is 95.8 cm³/mol. The van der Waals surface area contributed by atoms with Crippen LogP contribution in [0.2, 0.25) is 0 Å². The lowest BCUT2D eigenvalue weighted by Gasteiger charge is -2.43. The van der Waals surface area contributed by atoms with Crippen molar-refractivity contribution in [2.24, 2.45) is 7.05 Å². The lowest BCUT2D eigenvalue weighted by Crippen LogP contribution is -2.63. The first-order valence-corrected chi connectivity index (χ1v) is 9.03. The van der Waals surface area contributed by atoms with Crippen molar-refractivity contribution >= 4 is 23.9 Å². The van der Waals surface area contributed by atoms with Gasteiger partial charge in [0, 0.05) is 47.0 Å². The molecule has 0 N–H and O–H groups in total. The maximum atomic E-state index is 11.7. The first kappa shape index (κ1) is 23.1. The van der Waals surface area contributed by atoms with Gasteiger partial charge in [-0.3, -0.25) is 23.9 Å². The van der Waals surface area contributed by atoms with Crippen LogP contribution in [0.15, 0.2) is 12.3 Å². The van der Waals surface area contributed by atoms with Gasteiger partial charge in [-0.1, -0.05) is 0 Å². The number of carbonyl (C=O) groups excluding carboxylic acids is 4. The molecule has 0 spiro atoms. The molecule has 0 unspecified atom stereocenters. The van der Waals surface area contributed by atoms with E-state index in [0.717, 1.165) is 20.8 Å².